The highest BCUT2D eigenvalue weighted by Gasteiger charge is 2.25. The van der Waals surface area contributed by atoms with Gasteiger partial charge < -0.3 is 11.1 Å². The number of fused-ring (bicyclic) bond motifs is 1. The van der Waals surface area contributed by atoms with Gasteiger partial charge in [-0.15, -0.1) is 0 Å². The van der Waals surface area contributed by atoms with E-state index >= 15 is 0 Å². The predicted octanol–water partition coefficient (Wildman–Crippen LogP) is 2.28. The first-order valence-corrected chi connectivity index (χ1v) is 7.68. The molecule has 0 aliphatic heterocycles. The summed E-state index contributed by atoms with van der Waals surface area (Å²) >= 11 is 0. The molecule has 1 atom stereocenters. The molecular weight excluding hydrogens is 236 g/mol. The first kappa shape index (κ1) is 12.9. The number of aryl methyl sites for hydroxylation is 1. The summed E-state index contributed by atoms with van der Waals surface area (Å²) in [4.78, 5) is 8.84. The third-order valence-corrected chi connectivity index (χ3v) is 4.67. The number of aromatic nitrogens is 2. The molecule has 1 saturated carbocycles. The summed E-state index contributed by atoms with van der Waals surface area (Å²) in [5, 5.41) is 3.62. The van der Waals surface area contributed by atoms with E-state index in [1.165, 1.54) is 49.8 Å². The Morgan fingerprint density at radius 2 is 2.00 bits per heavy atom. The van der Waals surface area contributed by atoms with Crippen molar-refractivity contribution < 1.29 is 0 Å². The van der Waals surface area contributed by atoms with E-state index in [0.29, 0.717) is 18.5 Å². The van der Waals surface area contributed by atoms with Crippen molar-refractivity contribution in [2.75, 3.05) is 11.9 Å². The van der Waals surface area contributed by atoms with E-state index in [9.17, 15) is 0 Å². The van der Waals surface area contributed by atoms with Crippen molar-refractivity contribution >= 4 is 5.82 Å². The Morgan fingerprint density at radius 3 is 2.79 bits per heavy atom. The highest BCUT2D eigenvalue weighted by molar-refractivity contribution is 5.48. The van der Waals surface area contributed by atoms with Crippen molar-refractivity contribution in [3.63, 3.8) is 0 Å². The van der Waals surface area contributed by atoms with Gasteiger partial charge in [0.05, 0.1) is 0 Å². The molecule has 3 rings (SSSR count). The van der Waals surface area contributed by atoms with Crippen molar-refractivity contribution in [1.29, 1.82) is 0 Å². The van der Waals surface area contributed by atoms with Gasteiger partial charge in [-0.25, -0.2) is 9.97 Å². The average molecular weight is 260 g/mol. The fourth-order valence-electron chi connectivity index (χ4n) is 3.57. The Bertz CT molecular complexity index is 426. The molecule has 2 aliphatic carbocycles. The SMILES string of the molecule is NCC(Nc1ncnc2c1CCC2)C1CCCCC1. The molecule has 1 fully saturated rings. The summed E-state index contributed by atoms with van der Waals surface area (Å²) in [7, 11) is 0. The van der Waals surface area contributed by atoms with E-state index in [-0.39, 0.29) is 0 Å². The van der Waals surface area contributed by atoms with Crippen LogP contribution in [0, 0.1) is 5.92 Å². The molecule has 19 heavy (non-hydrogen) atoms. The van der Waals surface area contributed by atoms with Crippen LogP contribution in [0.3, 0.4) is 0 Å². The van der Waals surface area contributed by atoms with Crippen LogP contribution in [0.15, 0.2) is 6.33 Å². The summed E-state index contributed by atoms with van der Waals surface area (Å²) in [6.45, 7) is 0.698. The standard InChI is InChI=1S/C15H24N4/c16-9-14(11-5-2-1-3-6-11)19-15-12-7-4-8-13(12)17-10-18-15/h10-11,14H,1-9,16H2,(H,17,18,19). The minimum atomic E-state index is 0.375. The van der Waals surface area contributed by atoms with Crippen LogP contribution >= 0.6 is 0 Å². The third-order valence-electron chi connectivity index (χ3n) is 4.67. The molecule has 1 aromatic rings. The molecule has 3 N–H and O–H groups in total. The Kier molecular flexibility index (Phi) is 3.97. The second-order valence-electron chi connectivity index (χ2n) is 5.89. The number of hydrogen-bond donors (Lipinski definition) is 2. The zero-order valence-corrected chi connectivity index (χ0v) is 11.6. The van der Waals surface area contributed by atoms with Crippen molar-refractivity contribution in [3.8, 4) is 0 Å². The quantitative estimate of drug-likeness (QED) is 0.872. The third kappa shape index (κ3) is 2.73. The average Bonchev–Trinajstić information content (AvgIpc) is 2.95. The van der Waals surface area contributed by atoms with Crippen molar-refractivity contribution in [2.24, 2.45) is 11.7 Å². The largest absolute Gasteiger partial charge is 0.365 e. The summed E-state index contributed by atoms with van der Waals surface area (Å²) in [5.74, 6) is 1.76. The first-order chi connectivity index (χ1) is 9.38. The molecule has 1 heterocycles. The second kappa shape index (κ2) is 5.87. The lowest BCUT2D eigenvalue weighted by Crippen LogP contribution is -2.38. The minimum Gasteiger partial charge on any atom is -0.365 e. The van der Waals surface area contributed by atoms with Crippen molar-refractivity contribution in [1.82, 2.24) is 9.97 Å². The highest BCUT2D eigenvalue weighted by atomic mass is 15.1. The van der Waals surface area contributed by atoms with E-state index in [1.54, 1.807) is 6.33 Å². The van der Waals surface area contributed by atoms with Crippen LogP contribution in [0.1, 0.15) is 49.8 Å². The maximum Gasteiger partial charge on any atom is 0.133 e. The highest BCUT2D eigenvalue weighted by Crippen LogP contribution is 2.30. The Hall–Kier alpha value is -1.16. The fraction of sp³-hybridized carbons (Fsp3) is 0.733. The van der Waals surface area contributed by atoms with Gasteiger partial charge in [0.1, 0.15) is 12.1 Å². The van der Waals surface area contributed by atoms with Crippen LogP contribution in [-0.4, -0.2) is 22.6 Å². The van der Waals surface area contributed by atoms with Gasteiger partial charge in [-0.1, -0.05) is 19.3 Å². The van der Waals surface area contributed by atoms with Crippen LogP contribution in [0.4, 0.5) is 5.82 Å². The lowest BCUT2D eigenvalue weighted by Gasteiger charge is -2.30. The minimum absolute atomic E-state index is 0.375. The van der Waals surface area contributed by atoms with Gasteiger partial charge in [0, 0.05) is 23.8 Å². The van der Waals surface area contributed by atoms with E-state index in [1.807, 2.05) is 0 Å². The molecule has 0 amide bonds. The number of rotatable bonds is 4. The normalized spacial score (nSPS) is 21.1. The monoisotopic (exact) mass is 260 g/mol. The maximum absolute atomic E-state index is 5.99. The zero-order valence-electron chi connectivity index (χ0n) is 11.6. The molecule has 1 aromatic heterocycles. The maximum atomic E-state index is 5.99. The summed E-state index contributed by atoms with van der Waals surface area (Å²) in [6, 6.07) is 0.375. The lowest BCUT2D eigenvalue weighted by molar-refractivity contribution is 0.320. The van der Waals surface area contributed by atoms with Crippen LogP contribution in [0.2, 0.25) is 0 Å². The number of nitrogens with zero attached hydrogens (tertiary/aromatic N) is 2. The number of anilines is 1. The van der Waals surface area contributed by atoms with E-state index in [0.717, 1.165) is 18.7 Å². The van der Waals surface area contributed by atoms with Gasteiger partial charge >= 0.3 is 0 Å². The Morgan fingerprint density at radius 1 is 1.16 bits per heavy atom. The topological polar surface area (TPSA) is 63.8 Å². The Balaban J connectivity index is 1.74. The van der Waals surface area contributed by atoms with Crippen molar-refractivity contribution in [3.05, 3.63) is 17.6 Å². The van der Waals surface area contributed by atoms with Gasteiger partial charge in [-0.2, -0.15) is 0 Å². The first-order valence-electron chi connectivity index (χ1n) is 7.68. The number of nitrogens with two attached hydrogens (primary N) is 1. The Labute approximate surface area is 115 Å². The number of hydrogen-bond acceptors (Lipinski definition) is 4. The fourth-order valence-corrected chi connectivity index (χ4v) is 3.57. The molecule has 0 aromatic carbocycles. The van der Waals surface area contributed by atoms with Crippen LogP contribution in [0.5, 0.6) is 0 Å². The van der Waals surface area contributed by atoms with Gasteiger partial charge in [0.15, 0.2) is 0 Å². The molecule has 4 heteroatoms. The van der Waals surface area contributed by atoms with E-state index < -0.39 is 0 Å². The predicted molar refractivity (Wildman–Crippen MR) is 77.1 cm³/mol. The van der Waals surface area contributed by atoms with Gasteiger partial charge in [0.2, 0.25) is 0 Å². The van der Waals surface area contributed by atoms with Crippen LogP contribution < -0.4 is 11.1 Å². The molecule has 0 saturated heterocycles. The van der Waals surface area contributed by atoms with E-state index in [2.05, 4.69) is 15.3 Å². The summed E-state index contributed by atoms with van der Waals surface area (Å²) in [5.41, 5.74) is 8.55. The molecule has 4 nitrogen and oxygen atoms in total. The van der Waals surface area contributed by atoms with Gasteiger partial charge in [-0.3, -0.25) is 0 Å². The lowest BCUT2D eigenvalue weighted by atomic mass is 9.84. The summed E-state index contributed by atoms with van der Waals surface area (Å²) < 4.78 is 0. The van der Waals surface area contributed by atoms with Crippen LogP contribution in [0.25, 0.3) is 0 Å². The zero-order chi connectivity index (χ0) is 13.1. The molecule has 2 aliphatic rings. The molecule has 104 valence electrons. The molecular formula is C15H24N4. The molecule has 1 unspecified atom stereocenters. The summed E-state index contributed by atoms with van der Waals surface area (Å²) in [6.07, 6.45) is 11.8. The molecule has 0 radical (unpaired) electrons. The number of nitrogens with one attached hydrogen (secondary N) is 1. The van der Waals surface area contributed by atoms with E-state index in [4.69, 9.17) is 5.73 Å². The molecule has 0 bridgehead atoms. The van der Waals surface area contributed by atoms with Gasteiger partial charge in [0.25, 0.3) is 0 Å². The smallest absolute Gasteiger partial charge is 0.133 e. The molecule has 0 spiro atoms. The van der Waals surface area contributed by atoms with Gasteiger partial charge in [-0.05, 0) is 38.0 Å². The van der Waals surface area contributed by atoms with Crippen molar-refractivity contribution in [2.45, 2.75) is 57.4 Å². The van der Waals surface area contributed by atoms with Crippen LogP contribution in [-0.2, 0) is 12.8 Å². The second-order valence-corrected chi connectivity index (χ2v) is 5.89.